The second-order valence-electron chi connectivity index (χ2n) is 7.17. The minimum Gasteiger partial charge on any atom is -0.480 e. The second kappa shape index (κ2) is 6.79. The first-order chi connectivity index (χ1) is 13.2. The molecule has 2 fully saturated rings. The maximum Gasteiger partial charge on any atom is 0.324 e. The van der Waals surface area contributed by atoms with Crippen LogP contribution in [0.5, 0.6) is 0 Å². The number of hydrogen-bond acceptors (Lipinski definition) is 4. The number of aliphatic carboxylic acids is 1. The number of anilines is 1. The maximum absolute atomic E-state index is 13.3. The van der Waals surface area contributed by atoms with Crippen LogP contribution < -0.4 is 10.2 Å². The SMILES string of the molecule is CC1(C(=O)O)NC(c2ccc(Br)cc2)C2C(=O)N(c3ccc(Br)cc3)C(=O)C21. The van der Waals surface area contributed by atoms with E-state index in [2.05, 4.69) is 37.2 Å². The Balaban J connectivity index is 1.81. The first-order valence-corrected chi connectivity index (χ1v) is 10.2. The van der Waals surface area contributed by atoms with Crippen molar-refractivity contribution in [3.8, 4) is 0 Å². The lowest BCUT2D eigenvalue weighted by molar-refractivity contribution is -0.147. The lowest BCUT2D eigenvalue weighted by Crippen LogP contribution is -2.53. The highest BCUT2D eigenvalue weighted by Gasteiger charge is 2.66. The Labute approximate surface area is 178 Å². The van der Waals surface area contributed by atoms with Crippen molar-refractivity contribution < 1.29 is 19.5 Å². The second-order valence-corrected chi connectivity index (χ2v) is 9.00. The van der Waals surface area contributed by atoms with Gasteiger partial charge < -0.3 is 5.11 Å². The fourth-order valence-corrected chi connectivity index (χ4v) is 4.67. The zero-order chi connectivity index (χ0) is 20.2. The summed E-state index contributed by atoms with van der Waals surface area (Å²) in [7, 11) is 0. The molecule has 2 saturated heterocycles. The molecule has 0 aliphatic carbocycles. The number of carboxylic acid groups (broad SMARTS) is 1. The molecular formula is C20H16Br2N2O4. The minimum atomic E-state index is -1.54. The van der Waals surface area contributed by atoms with E-state index in [1.807, 2.05) is 24.3 Å². The van der Waals surface area contributed by atoms with Crippen LogP contribution in [-0.4, -0.2) is 28.4 Å². The summed E-state index contributed by atoms with van der Waals surface area (Å²) in [6.45, 7) is 1.47. The molecule has 0 radical (unpaired) electrons. The van der Waals surface area contributed by atoms with Gasteiger partial charge in [-0.2, -0.15) is 0 Å². The van der Waals surface area contributed by atoms with Gasteiger partial charge in [-0.05, 0) is 48.9 Å². The van der Waals surface area contributed by atoms with E-state index in [1.165, 1.54) is 6.92 Å². The van der Waals surface area contributed by atoms with Gasteiger partial charge in [-0.1, -0.05) is 44.0 Å². The Hall–Kier alpha value is -2.03. The van der Waals surface area contributed by atoms with E-state index in [0.29, 0.717) is 5.69 Å². The van der Waals surface area contributed by atoms with Gasteiger partial charge in [-0.25, -0.2) is 4.90 Å². The molecule has 2 N–H and O–H groups in total. The van der Waals surface area contributed by atoms with Crippen molar-refractivity contribution in [2.75, 3.05) is 4.90 Å². The first kappa shape index (κ1) is 19.3. The lowest BCUT2D eigenvalue weighted by atomic mass is 9.80. The molecule has 2 amide bonds. The van der Waals surface area contributed by atoms with Crippen LogP contribution in [0.25, 0.3) is 0 Å². The number of fused-ring (bicyclic) bond motifs is 1. The average Bonchev–Trinajstić information content (AvgIpc) is 3.11. The number of carbonyl (C=O) groups excluding carboxylic acids is 2. The summed E-state index contributed by atoms with van der Waals surface area (Å²) < 4.78 is 1.69. The van der Waals surface area contributed by atoms with Crippen LogP contribution in [0.4, 0.5) is 5.69 Å². The van der Waals surface area contributed by atoms with Crippen molar-refractivity contribution in [1.82, 2.24) is 5.32 Å². The maximum atomic E-state index is 13.3. The van der Waals surface area contributed by atoms with Gasteiger partial charge in [0.25, 0.3) is 0 Å². The van der Waals surface area contributed by atoms with Gasteiger partial charge in [-0.3, -0.25) is 19.7 Å². The molecule has 2 heterocycles. The van der Waals surface area contributed by atoms with Crippen LogP contribution in [0.15, 0.2) is 57.5 Å². The quantitative estimate of drug-likeness (QED) is 0.621. The summed E-state index contributed by atoms with van der Waals surface area (Å²) in [6.07, 6.45) is 0. The number of imide groups is 1. The fraction of sp³-hybridized carbons (Fsp3) is 0.250. The highest BCUT2D eigenvalue weighted by atomic mass is 79.9. The van der Waals surface area contributed by atoms with Crippen LogP contribution in [0, 0.1) is 11.8 Å². The zero-order valence-corrected chi connectivity index (χ0v) is 17.9. The van der Waals surface area contributed by atoms with Gasteiger partial charge in [0.1, 0.15) is 5.54 Å². The number of halogens is 2. The van der Waals surface area contributed by atoms with Crippen molar-refractivity contribution in [1.29, 1.82) is 0 Å². The molecule has 0 saturated carbocycles. The van der Waals surface area contributed by atoms with Crippen LogP contribution >= 0.6 is 31.9 Å². The van der Waals surface area contributed by atoms with Gasteiger partial charge in [0.15, 0.2) is 0 Å². The predicted octanol–water partition coefficient (Wildman–Crippen LogP) is 3.51. The molecule has 2 aromatic carbocycles. The van der Waals surface area contributed by atoms with Crippen LogP contribution in [0.2, 0.25) is 0 Å². The van der Waals surface area contributed by atoms with Crippen LogP contribution in [0.1, 0.15) is 18.5 Å². The Morgan fingerprint density at radius 3 is 2.07 bits per heavy atom. The van der Waals surface area contributed by atoms with E-state index in [-0.39, 0.29) is 5.91 Å². The van der Waals surface area contributed by atoms with Crippen molar-refractivity contribution in [3.63, 3.8) is 0 Å². The number of hydrogen-bond donors (Lipinski definition) is 2. The summed E-state index contributed by atoms with van der Waals surface area (Å²) >= 11 is 6.71. The third kappa shape index (κ3) is 2.82. The third-order valence-electron chi connectivity index (χ3n) is 5.55. The predicted molar refractivity (Wildman–Crippen MR) is 110 cm³/mol. The van der Waals surface area contributed by atoms with E-state index in [4.69, 9.17) is 0 Å². The van der Waals surface area contributed by atoms with E-state index < -0.39 is 35.3 Å². The minimum absolute atomic E-state index is 0.386. The average molecular weight is 508 g/mol. The molecule has 28 heavy (non-hydrogen) atoms. The number of carbonyl (C=O) groups is 3. The zero-order valence-electron chi connectivity index (χ0n) is 14.7. The number of carboxylic acids is 1. The summed E-state index contributed by atoms with van der Waals surface area (Å²) in [6, 6.07) is 13.6. The summed E-state index contributed by atoms with van der Waals surface area (Å²) in [5, 5.41) is 12.9. The van der Waals surface area contributed by atoms with E-state index in [0.717, 1.165) is 19.4 Å². The van der Waals surface area contributed by atoms with Gasteiger partial charge in [0, 0.05) is 15.0 Å². The molecule has 6 nitrogen and oxygen atoms in total. The number of benzene rings is 2. The Kier molecular flexibility index (Phi) is 4.68. The molecule has 4 unspecified atom stereocenters. The number of rotatable bonds is 3. The molecule has 8 heteroatoms. The van der Waals surface area contributed by atoms with Crippen molar-refractivity contribution in [2.24, 2.45) is 11.8 Å². The molecule has 0 bridgehead atoms. The van der Waals surface area contributed by atoms with Crippen molar-refractivity contribution in [2.45, 2.75) is 18.5 Å². The van der Waals surface area contributed by atoms with E-state index in [1.54, 1.807) is 24.3 Å². The Bertz CT molecular complexity index is 977. The monoisotopic (exact) mass is 506 g/mol. The molecule has 144 valence electrons. The van der Waals surface area contributed by atoms with Gasteiger partial charge in [0.05, 0.1) is 17.5 Å². The largest absolute Gasteiger partial charge is 0.480 e. The summed E-state index contributed by atoms with van der Waals surface area (Å²) in [5.74, 6) is -3.81. The number of nitrogens with one attached hydrogen (secondary N) is 1. The van der Waals surface area contributed by atoms with Crippen molar-refractivity contribution >= 4 is 55.3 Å². The third-order valence-corrected chi connectivity index (χ3v) is 6.60. The molecule has 2 aromatic rings. The summed E-state index contributed by atoms with van der Waals surface area (Å²) in [5.41, 5.74) is -0.337. The van der Waals surface area contributed by atoms with Gasteiger partial charge in [0.2, 0.25) is 11.8 Å². The highest BCUT2D eigenvalue weighted by Crippen LogP contribution is 2.49. The van der Waals surface area contributed by atoms with E-state index in [9.17, 15) is 19.5 Å². The number of nitrogens with zero attached hydrogens (tertiary/aromatic N) is 1. The molecule has 4 rings (SSSR count). The van der Waals surface area contributed by atoms with Gasteiger partial charge in [-0.15, -0.1) is 0 Å². The molecule has 0 aromatic heterocycles. The summed E-state index contributed by atoms with van der Waals surface area (Å²) in [4.78, 5) is 39.7. The van der Waals surface area contributed by atoms with Crippen molar-refractivity contribution in [3.05, 3.63) is 63.0 Å². The highest BCUT2D eigenvalue weighted by molar-refractivity contribution is 9.10. The standard InChI is InChI=1S/C20H16Br2N2O4/c1-20(19(27)28)15-14(16(23-20)10-2-4-11(21)5-3-10)17(25)24(18(15)26)13-8-6-12(22)7-9-13/h2-9,14-16,23H,1H3,(H,27,28). The smallest absolute Gasteiger partial charge is 0.324 e. The fourth-order valence-electron chi connectivity index (χ4n) is 4.14. The molecular weight excluding hydrogens is 492 g/mol. The topological polar surface area (TPSA) is 86.7 Å². The molecule has 0 spiro atoms. The first-order valence-electron chi connectivity index (χ1n) is 8.64. The molecule has 4 atom stereocenters. The normalized spacial score (nSPS) is 29.2. The lowest BCUT2D eigenvalue weighted by Gasteiger charge is -2.27. The van der Waals surface area contributed by atoms with E-state index >= 15 is 0 Å². The molecule has 2 aliphatic heterocycles. The van der Waals surface area contributed by atoms with Crippen LogP contribution in [0.3, 0.4) is 0 Å². The Morgan fingerprint density at radius 2 is 1.54 bits per heavy atom. The molecule has 2 aliphatic rings. The van der Waals surface area contributed by atoms with Gasteiger partial charge >= 0.3 is 5.97 Å². The van der Waals surface area contributed by atoms with Crippen LogP contribution in [-0.2, 0) is 14.4 Å². The number of amides is 2. The Morgan fingerprint density at radius 1 is 1.00 bits per heavy atom.